The molecule has 0 aliphatic rings. The molecule has 0 bridgehead atoms. The first-order chi connectivity index (χ1) is 13.1. The third-order valence-corrected chi connectivity index (χ3v) is 5.16. The second kappa shape index (κ2) is 7.08. The quantitative estimate of drug-likeness (QED) is 0.410. The van der Waals surface area contributed by atoms with Crippen LogP contribution in [0, 0.1) is 0 Å². The van der Waals surface area contributed by atoms with Gasteiger partial charge >= 0.3 is 0 Å². The van der Waals surface area contributed by atoms with Crippen molar-refractivity contribution in [3.8, 4) is 5.69 Å². The second-order valence-electron chi connectivity index (χ2n) is 5.81. The summed E-state index contributed by atoms with van der Waals surface area (Å²) in [6.07, 6.45) is 1.48. The normalized spacial score (nSPS) is 12.1. The van der Waals surface area contributed by atoms with Crippen molar-refractivity contribution in [1.82, 2.24) is 19.7 Å². The van der Waals surface area contributed by atoms with Gasteiger partial charge in [-0.15, -0.1) is 0 Å². The molecule has 2 heterocycles. The van der Waals surface area contributed by atoms with Crippen molar-refractivity contribution in [2.45, 2.75) is 10.4 Å². The van der Waals surface area contributed by atoms with Crippen molar-refractivity contribution in [3.05, 3.63) is 82.8 Å². The highest BCUT2D eigenvalue weighted by Crippen LogP contribution is 2.33. The maximum absolute atomic E-state index is 12.5. The van der Waals surface area contributed by atoms with Gasteiger partial charge < -0.3 is 10.7 Å². The van der Waals surface area contributed by atoms with E-state index in [9.17, 15) is 9.59 Å². The number of thioether (sulfide) groups is 1. The van der Waals surface area contributed by atoms with Crippen LogP contribution in [0.25, 0.3) is 16.7 Å². The van der Waals surface area contributed by atoms with Crippen molar-refractivity contribution in [1.29, 1.82) is 0 Å². The van der Waals surface area contributed by atoms with Crippen LogP contribution in [0.1, 0.15) is 10.8 Å². The van der Waals surface area contributed by atoms with Crippen molar-refractivity contribution >= 4 is 28.7 Å². The van der Waals surface area contributed by atoms with E-state index in [4.69, 9.17) is 5.73 Å². The third-order valence-electron chi connectivity index (χ3n) is 4.01. The van der Waals surface area contributed by atoms with Crippen molar-refractivity contribution < 1.29 is 4.79 Å². The number of rotatable bonds is 5. The van der Waals surface area contributed by atoms with E-state index in [0.29, 0.717) is 16.2 Å². The maximum Gasteiger partial charge on any atom is 0.262 e. The Morgan fingerprint density at radius 2 is 1.74 bits per heavy atom. The molecule has 0 unspecified atom stereocenters. The van der Waals surface area contributed by atoms with E-state index in [0.717, 1.165) is 23.0 Å². The molecule has 0 saturated carbocycles. The first kappa shape index (κ1) is 17.0. The summed E-state index contributed by atoms with van der Waals surface area (Å²) in [5.41, 5.74) is 7.21. The molecule has 3 N–H and O–H groups in total. The fraction of sp³-hybridized carbons (Fsp3) is 0.0526. The van der Waals surface area contributed by atoms with Gasteiger partial charge in [-0.05, 0) is 17.7 Å². The summed E-state index contributed by atoms with van der Waals surface area (Å²) >= 11 is 1.10. The Bertz CT molecular complexity index is 1160. The SMILES string of the molecule is NC(=O)[C@H](Sc1nc2c(cnn2-c2ccccc2)c(=O)[nH]1)c1ccccc1. The lowest BCUT2D eigenvalue weighted by Gasteiger charge is -2.12. The molecule has 2 aromatic heterocycles. The van der Waals surface area contributed by atoms with Gasteiger partial charge in [0.25, 0.3) is 5.56 Å². The third kappa shape index (κ3) is 3.34. The number of carbonyl (C=O) groups is 1. The van der Waals surface area contributed by atoms with Gasteiger partial charge in [0.2, 0.25) is 5.91 Å². The summed E-state index contributed by atoms with van der Waals surface area (Å²) < 4.78 is 1.59. The minimum absolute atomic E-state index is 0.304. The highest BCUT2D eigenvalue weighted by atomic mass is 32.2. The molecule has 27 heavy (non-hydrogen) atoms. The van der Waals surface area contributed by atoms with Gasteiger partial charge in [0.15, 0.2) is 10.8 Å². The average Bonchev–Trinajstić information content (AvgIpc) is 3.12. The number of amides is 1. The van der Waals surface area contributed by atoms with Crippen LogP contribution in [-0.2, 0) is 4.79 Å². The van der Waals surface area contributed by atoms with E-state index in [2.05, 4.69) is 15.1 Å². The Hall–Kier alpha value is -3.39. The zero-order valence-corrected chi connectivity index (χ0v) is 14.9. The predicted molar refractivity (Wildman–Crippen MR) is 104 cm³/mol. The summed E-state index contributed by atoms with van der Waals surface area (Å²) in [7, 11) is 0. The summed E-state index contributed by atoms with van der Waals surface area (Å²) in [5.74, 6) is -0.509. The van der Waals surface area contributed by atoms with E-state index in [-0.39, 0.29) is 5.56 Å². The summed E-state index contributed by atoms with van der Waals surface area (Å²) in [6, 6.07) is 18.5. The van der Waals surface area contributed by atoms with Crippen LogP contribution in [0.3, 0.4) is 0 Å². The number of nitrogens with two attached hydrogens (primary N) is 1. The Morgan fingerprint density at radius 1 is 1.07 bits per heavy atom. The van der Waals surface area contributed by atoms with E-state index >= 15 is 0 Å². The van der Waals surface area contributed by atoms with Gasteiger partial charge in [-0.3, -0.25) is 9.59 Å². The van der Waals surface area contributed by atoms with Gasteiger partial charge in [0, 0.05) is 0 Å². The van der Waals surface area contributed by atoms with E-state index in [1.54, 1.807) is 4.68 Å². The van der Waals surface area contributed by atoms with Gasteiger partial charge in [-0.2, -0.15) is 5.10 Å². The van der Waals surface area contributed by atoms with Crippen molar-refractivity contribution in [3.63, 3.8) is 0 Å². The molecular weight excluding hydrogens is 362 g/mol. The molecule has 0 aliphatic heterocycles. The molecule has 2 aromatic carbocycles. The average molecular weight is 377 g/mol. The Labute approximate surface area is 158 Å². The molecule has 0 spiro atoms. The van der Waals surface area contributed by atoms with E-state index in [1.807, 2.05) is 60.7 Å². The number of aromatic amines is 1. The molecular formula is C19H15N5O2S. The fourth-order valence-electron chi connectivity index (χ4n) is 2.74. The molecule has 0 fully saturated rings. The lowest BCUT2D eigenvalue weighted by Crippen LogP contribution is -2.20. The van der Waals surface area contributed by atoms with Crippen LogP contribution < -0.4 is 11.3 Å². The minimum atomic E-state index is -0.667. The van der Waals surface area contributed by atoms with Crippen molar-refractivity contribution in [2.75, 3.05) is 0 Å². The first-order valence-corrected chi connectivity index (χ1v) is 9.06. The Balaban J connectivity index is 1.78. The topological polar surface area (TPSA) is 107 Å². The van der Waals surface area contributed by atoms with E-state index in [1.165, 1.54) is 6.20 Å². The lowest BCUT2D eigenvalue weighted by molar-refractivity contribution is -0.117. The minimum Gasteiger partial charge on any atom is -0.368 e. The highest BCUT2D eigenvalue weighted by molar-refractivity contribution is 8.00. The lowest BCUT2D eigenvalue weighted by atomic mass is 10.1. The number of nitrogens with one attached hydrogen (secondary N) is 1. The van der Waals surface area contributed by atoms with Crippen molar-refractivity contribution in [2.24, 2.45) is 5.73 Å². The van der Waals surface area contributed by atoms with Crippen LogP contribution in [0.2, 0.25) is 0 Å². The Morgan fingerprint density at radius 3 is 2.41 bits per heavy atom. The predicted octanol–water partition coefficient (Wildman–Crippen LogP) is 2.43. The number of carbonyl (C=O) groups excluding carboxylic acids is 1. The number of nitrogens with zero attached hydrogens (tertiary/aromatic N) is 3. The largest absolute Gasteiger partial charge is 0.368 e. The number of hydrogen-bond acceptors (Lipinski definition) is 5. The number of aromatic nitrogens is 4. The van der Waals surface area contributed by atoms with Crippen LogP contribution in [-0.4, -0.2) is 25.7 Å². The smallest absolute Gasteiger partial charge is 0.262 e. The first-order valence-electron chi connectivity index (χ1n) is 8.18. The molecule has 4 rings (SSSR count). The van der Waals surface area contributed by atoms with Crippen LogP contribution in [0.4, 0.5) is 0 Å². The Kier molecular flexibility index (Phi) is 4.47. The van der Waals surface area contributed by atoms with Gasteiger partial charge in [0.1, 0.15) is 10.6 Å². The van der Waals surface area contributed by atoms with Gasteiger partial charge in [0.05, 0.1) is 11.9 Å². The number of para-hydroxylation sites is 1. The molecule has 1 atom stereocenters. The monoisotopic (exact) mass is 377 g/mol. The standard InChI is InChI=1S/C19H15N5O2S/c20-16(25)15(12-7-3-1-4-8-12)27-19-22-17-14(18(26)23-19)11-21-24(17)13-9-5-2-6-10-13/h1-11,15H,(H2,20,25)(H,22,23,26)/t15-/m1/s1. The summed E-state index contributed by atoms with van der Waals surface area (Å²) in [5, 5.41) is 4.28. The van der Waals surface area contributed by atoms with Crippen LogP contribution in [0.5, 0.6) is 0 Å². The zero-order valence-electron chi connectivity index (χ0n) is 14.1. The van der Waals surface area contributed by atoms with Crippen LogP contribution in [0.15, 0.2) is 76.8 Å². The summed E-state index contributed by atoms with van der Waals surface area (Å²) in [4.78, 5) is 31.6. The number of primary amides is 1. The van der Waals surface area contributed by atoms with Gasteiger partial charge in [-0.25, -0.2) is 9.67 Å². The maximum atomic E-state index is 12.5. The molecule has 0 saturated heterocycles. The molecule has 8 heteroatoms. The fourth-order valence-corrected chi connectivity index (χ4v) is 3.67. The number of hydrogen-bond donors (Lipinski definition) is 2. The molecule has 0 aliphatic carbocycles. The molecule has 7 nitrogen and oxygen atoms in total. The van der Waals surface area contributed by atoms with Crippen LogP contribution >= 0.6 is 11.8 Å². The second-order valence-corrected chi connectivity index (χ2v) is 6.91. The van der Waals surface area contributed by atoms with Gasteiger partial charge in [-0.1, -0.05) is 60.3 Å². The zero-order chi connectivity index (χ0) is 18.8. The highest BCUT2D eigenvalue weighted by Gasteiger charge is 2.21. The number of benzene rings is 2. The molecule has 0 radical (unpaired) electrons. The number of fused-ring (bicyclic) bond motifs is 1. The number of H-pyrrole nitrogens is 1. The molecule has 1 amide bonds. The summed E-state index contributed by atoms with van der Waals surface area (Å²) in [6.45, 7) is 0. The molecule has 134 valence electrons. The molecule has 4 aromatic rings. The van der Waals surface area contributed by atoms with E-state index < -0.39 is 11.2 Å².